The van der Waals surface area contributed by atoms with Crippen LogP contribution in [0.5, 0.6) is 5.75 Å². The van der Waals surface area contributed by atoms with Crippen LogP contribution < -0.4 is 15.4 Å². The topological polar surface area (TPSA) is 67.4 Å². The second-order valence-corrected chi connectivity index (χ2v) is 6.78. The van der Waals surface area contributed by atoms with Gasteiger partial charge >= 0.3 is 0 Å². The third-order valence-electron chi connectivity index (χ3n) is 4.53. The van der Waals surface area contributed by atoms with Crippen LogP contribution in [0.25, 0.3) is 0 Å². The van der Waals surface area contributed by atoms with Crippen LogP contribution >= 0.6 is 0 Å². The second-order valence-electron chi connectivity index (χ2n) is 6.78. The summed E-state index contributed by atoms with van der Waals surface area (Å²) in [7, 11) is 0. The lowest BCUT2D eigenvalue weighted by atomic mass is 10.1. The summed E-state index contributed by atoms with van der Waals surface area (Å²) < 4.78 is 5.60. The van der Waals surface area contributed by atoms with Crippen LogP contribution in [0.4, 0.5) is 5.69 Å². The molecule has 142 valence electrons. The highest BCUT2D eigenvalue weighted by atomic mass is 16.5. The molecule has 0 radical (unpaired) electrons. The van der Waals surface area contributed by atoms with Crippen molar-refractivity contribution < 1.29 is 14.3 Å². The van der Waals surface area contributed by atoms with Gasteiger partial charge in [0, 0.05) is 24.6 Å². The molecule has 5 heteroatoms. The number of aryl methyl sites for hydroxylation is 1. The highest BCUT2D eigenvalue weighted by molar-refractivity contribution is 5.94. The molecule has 2 amide bonds. The van der Waals surface area contributed by atoms with Crippen molar-refractivity contribution in [2.75, 3.05) is 11.9 Å². The van der Waals surface area contributed by atoms with Crippen molar-refractivity contribution in [3.63, 3.8) is 0 Å². The van der Waals surface area contributed by atoms with E-state index < -0.39 is 0 Å². The first-order valence-corrected chi connectivity index (χ1v) is 9.53. The summed E-state index contributed by atoms with van der Waals surface area (Å²) in [6.07, 6.45) is 3.00. The standard InChI is InChI=1S/C22H26N2O3/c1-2-27-20-9-4-3-7-17(20)12-13-21(25)23-15-16-6-5-8-19(14-16)24-22(26)18-10-11-18/h3-9,14,18H,2,10-13,15H2,1H3,(H,23,25)(H,24,26). The summed E-state index contributed by atoms with van der Waals surface area (Å²) in [6.45, 7) is 3.00. The molecule has 0 heterocycles. The fraction of sp³-hybridized carbons (Fsp3) is 0.364. The van der Waals surface area contributed by atoms with Gasteiger partial charge in [-0.25, -0.2) is 0 Å². The third kappa shape index (κ3) is 5.84. The van der Waals surface area contributed by atoms with Crippen LogP contribution in [0.1, 0.15) is 37.3 Å². The molecule has 0 aromatic heterocycles. The van der Waals surface area contributed by atoms with Gasteiger partial charge in [-0.05, 0) is 55.5 Å². The minimum absolute atomic E-state index is 0.00581. The highest BCUT2D eigenvalue weighted by Gasteiger charge is 2.29. The summed E-state index contributed by atoms with van der Waals surface area (Å²) in [5, 5.41) is 5.88. The fourth-order valence-corrected chi connectivity index (χ4v) is 2.89. The van der Waals surface area contributed by atoms with Crippen LogP contribution in [0, 0.1) is 5.92 Å². The predicted molar refractivity (Wildman–Crippen MR) is 106 cm³/mol. The Labute approximate surface area is 160 Å². The molecule has 2 N–H and O–H groups in total. The SMILES string of the molecule is CCOc1ccccc1CCC(=O)NCc1cccc(NC(=O)C2CC2)c1. The molecular weight excluding hydrogens is 340 g/mol. The van der Waals surface area contributed by atoms with E-state index in [4.69, 9.17) is 4.74 Å². The lowest BCUT2D eigenvalue weighted by molar-refractivity contribution is -0.121. The van der Waals surface area contributed by atoms with Crippen LogP contribution in [0.3, 0.4) is 0 Å². The number of carbonyl (C=O) groups is 2. The molecule has 1 aliphatic rings. The van der Waals surface area contributed by atoms with Crippen molar-refractivity contribution in [1.29, 1.82) is 0 Å². The molecule has 0 spiro atoms. The molecule has 27 heavy (non-hydrogen) atoms. The first-order valence-electron chi connectivity index (χ1n) is 9.53. The van der Waals surface area contributed by atoms with E-state index in [1.807, 2.05) is 55.5 Å². The maximum absolute atomic E-state index is 12.2. The Bertz CT molecular complexity index is 800. The smallest absolute Gasteiger partial charge is 0.227 e. The Morgan fingerprint density at radius 2 is 1.93 bits per heavy atom. The number of anilines is 1. The number of amides is 2. The van der Waals surface area contributed by atoms with Crippen molar-refractivity contribution in [2.45, 2.75) is 39.2 Å². The largest absolute Gasteiger partial charge is 0.494 e. The van der Waals surface area contributed by atoms with Crippen LogP contribution in [0.15, 0.2) is 48.5 Å². The summed E-state index contributed by atoms with van der Waals surface area (Å²) in [4.78, 5) is 24.1. The molecule has 0 aliphatic heterocycles. The second kappa shape index (κ2) is 9.21. The van der Waals surface area contributed by atoms with E-state index in [1.54, 1.807) is 0 Å². The average molecular weight is 366 g/mol. The Kier molecular flexibility index (Phi) is 6.47. The molecule has 0 atom stereocenters. The number of nitrogens with one attached hydrogen (secondary N) is 2. The summed E-state index contributed by atoms with van der Waals surface area (Å²) in [5.74, 6) is 1.10. The van der Waals surface area contributed by atoms with Gasteiger partial charge in [-0.15, -0.1) is 0 Å². The lowest BCUT2D eigenvalue weighted by Gasteiger charge is -2.11. The minimum atomic E-state index is -0.00581. The molecule has 1 fully saturated rings. The predicted octanol–water partition coefficient (Wildman–Crippen LogP) is 3.68. The maximum Gasteiger partial charge on any atom is 0.227 e. The number of rotatable bonds is 9. The number of carbonyl (C=O) groups excluding carboxylic acids is 2. The van der Waals surface area contributed by atoms with Gasteiger partial charge in [-0.3, -0.25) is 9.59 Å². The zero-order chi connectivity index (χ0) is 19.1. The fourth-order valence-electron chi connectivity index (χ4n) is 2.89. The number of ether oxygens (including phenoxy) is 1. The Morgan fingerprint density at radius 1 is 1.11 bits per heavy atom. The van der Waals surface area contributed by atoms with Crippen molar-refractivity contribution in [2.24, 2.45) is 5.92 Å². The van der Waals surface area contributed by atoms with Crippen molar-refractivity contribution in [3.8, 4) is 5.75 Å². The Hall–Kier alpha value is -2.82. The van der Waals surface area contributed by atoms with Crippen LogP contribution in [-0.2, 0) is 22.6 Å². The molecule has 1 saturated carbocycles. The maximum atomic E-state index is 12.2. The summed E-state index contributed by atoms with van der Waals surface area (Å²) in [5.41, 5.74) is 2.79. The van der Waals surface area contributed by atoms with Crippen LogP contribution in [-0.4, -0.2) is 18.4 Å². The van der Waals surface area contributed by atoms with Gasteiger partial charge in [0.05, 0.1) is 6.61 Å². The van der Waals surface area contributed by atoms with E-state index in [-0.39, 0.29) is 17.7 Å². The van der Waals surface area contributed by atoms with E-state index in [1.165, 1.54) is 0 Å². The molecule has 5 nitrogen and oxygen atoms in total. The van der Waals surface area contributed by atoms with Gasteiger partial charge in [0.25, 0.3) is 0 Å². The quantitative estimate of drug-likeness (QED) is 0.711. The molecule has 0 unspecified atom stereocenters. The molecule has 0 bridgehead atoms. The Balaban J connectivity index is 1.47. The number of para-hydroxylation sites is 1. The molecule has 1 aliphatic carbocycles. The van der Waals surface area contributed by atoms with Gasteiger partial charge < -0.3 is 15.4 Å². The zero-order valence-corrected chi connectivity index (χ0v) is 15.7. The first-order chi connectivity index (χ1) is 13.2. The minimum Gasteiger partial charge on any atom is -0.494 e. The molecular formula is C22H26N2O3. The highest BCUT2D eigenvalue weighted by Crippen LogP contribution is 2.30. The van der Waals surface area contributed by atoms with Gasteiger partial charge in [0.2, 0.25) is 11.8 Å². The molecule has 2 aromatic carbocycles. The molecule has 3 rings (SSSR count). The average Bonchev–Trinajstić information content (AvgIpc) is 3.52. The zero-order valence-electron chi connectivity index (χ0n) is 15.7. The van der Waals surface area contributed by atoms with E-state index >= 15 is 0 Å². The van der Waals surface area contributed by atoms with Gasteiger partial charge in [-0.1, -0.05) is 30.3 Å². The van der Waals surface area contributed by atoms with Gasteiger partial charge in [-0.2, -0.15) is 0 Å². The normalized spacial score (nSPS) is 13.1. The van der Waals surface area contributed by atoms with E-state index in [2.05, 4.69) is 10.6 Å². The number of benzene rings is 2. The molecule has 0 saturated heterocycles. The van der Waals surface area contributed by atoms with E-state index in [0.29, 0.717) is 26.0 Å². The summed E-state index contributed by atoms with van der Waals surface area (Å²) >= 11 is 0. The number of hydrogen-bond acceptors (Lipinski definition) is 3. The number of hydrogen-bond donors (Lipinski definition) is 2. The molecule has 2 aromatic rings. The monoisotopic (exact) mass is 366 g/mol. The van der Waals surface area contributed by atoms with Gasteiger partial charge in [0.1, 0.15) is 5.75 Å². The Morgan fingerprint density at radius 3 is 2.70 bits per heavy atom. The van der Waals surface area contributed by atoms with Crippen molar-refractivity contribution >= 4 is 17.5 Å². The van der Waals surface area contributed by atoms with Crippen LogP contribution in [0.2, 0.25) is 0 Å². The van der Waals surface area contributed by atoms with Gasteiger partial charge in [0.15, 0.2) is 0 Å². The van der Waals surface area contributed by atoms with Crippen molar-refractivity contribution in [1.82, 2.24) is 5.32 Å². The van der Waals surface area contributed by atoms with E-state index in [9.17, 15) is 9.59 Å². The summed E-state index contributed by atoms with van der Waals surface area (Å²) in [6, 6.07) is 15.4. The first kappa shape index (κ1) is 19.0. The third-order valence-corrected chi connectivity index (χ3v) is 4.53. The lowest BCUT2D eigenvalue weighted by Crippen LogP contribution is -2.23. The van der Waals surface area contributed by atoms with E-state index in [0.717, 1.165) is 35.4 Å². The van der Waals surface area contributed by atoms with Crippen molar-refractivity contribution in [3.05, 3.63) is 59.7 Å².